The zero-order valence-electron chi connectivity index (χ0n) is 18.5. The first-order valence-corrected chi connectivity index (χ1v) is 11.1. The van der Waals surface area contributed by atoms with Crippen LogP contribution in [0.2, 0.25) is 0 Å². The third-order valence-electron chi connectivity index (χ3n) is 6.09. The van der Waals surface area contributed by atoms with Crippen molar-refractivity contribution in [3.63, 3.8) is 0 Å². The number of benzene rings is 1. The number of carbonyl (C=O) groups excluding carboxylic acids is 1. The van der Waals surface area contributed by atoms with E-state index < -0.39 is 0 Å². The fraction of sp³-hybridized carbons (Fsp3) is 0.522. The second-order valence-corrected chi connectivity index (χ2v) is 8.38. The third-order valence-corrected chi connectivity index (χ3v) is 6.09. The van der Waals surface area contributed by atoms with Gasteiger partial charge in [0.1, 0.15) is 5.75 Å². The molecule has 4 rings (SSSR count). The lowest BCUT2D eigenvalue weighted by Gasteiger charge is -2.32. The minimum absolute atomic E-state index is 0.122. The Morgan fingerprint density at radius 2 is 2.06 bits per heavy atom. The van der Waals surface area contributed by atoms with Crippen molar-refractivity contribution in [2.75, 3.05) is 38.7 Å². The van der Waals surface area contributed by atoms with E-state index in [1.165, 1.54) is 0 Å². The first-order chi connectivity index (χ1) is 15.1. The Balaban J connectivity index is 1.46. The molecule has 31 heavy (non-hydrogen) atoms. The molecule has 1 amide bonds. The summed E-state index contributed by atoms with van der Waals surface area (Å²) in [6.07, 6.45) is 4.25. The number of hydrogen-bond acceptors (Lipinski definition) is 7. The predicted octanol–water partition coefficient (Wildman–Crippen LogP) is 1.74. The van der Waals surface area contributed by atoms with Gasteiger partial charge < -0.3 is 14.5 Å². The van der Waals surface area contributed by atoms with Crippen molar-refractivity contribution in [1.82, 2.24) is 25.7 Å². The van der Waals surface area contributed by atoms with Crippen LogP contribution in [0, 0.1) is 0 Å². The highest BCUT2D eigenvalue weighted by molar-refractivity contribution is 5.79. The minimum atomic E-state index is 0.122. The van der Waals surface area contributed by atoms with Gasteiger partial charge in [0.05, 0.1) is 24.8 Å². The molecule has 2 fully saturated rings. The SMILES string of the molecule is CCOc1ccc(CC(=O)N2CCCC2C2NNCC2c2ccnc(N(C)C)n2)cc1. The number of nitrogens with one attached hydrogen (secondary N) is 2. The van der Waals surface area contributed by atoms with E-state index in [4.69, 9.17) is 9.72 Å². The van der Waals surface area contributed by atoms with Crippen molar-refractivity contribution >= 4 is 11.9 Å². The summed E-state index contributed by atoms with van der Waals surface area (Å²) in [6, 6.07) is 10.1. The molecule has 2 aliphatic rings. The number of rotatable bonds is 7. The summed E-state index contributed by atoms with van der Waals surface area (Å²) in [6.45, 7) is 4.19. The van der Waals surface area contributed by atoms with Crippen LogP contribution in [-0.2, 0) is 11.2 Å². The highest BCUT2D eigenvalue weighted by atomic mass is 16.5. The molecule has 0 spiro atoms. The Labute approximate surface area is 184 Å². The zero-order valence-corrected chi connectivity index (χ0v) is 18.5. The van der Waals surface area contributed by atoms with Gasteiger partial charge in [0.2, 0.25) is 11.9 Å². The smallest absolute Gasteiger partial charge is 0.227 e. The molecule has 0 radical (unpaired) electrons. The number of nitrogens with zero attached hydrogens (tertiary/aromatic N) is 4. The molecule has 3 heterocycles. The standard InChI is InChI=1S/C23H32N6O2/c1-4-31-17-9-7-16(8-10-17)14-21(30)29-13-5-6-20(29)22-18(15-25-27-22)19-11-12-24-23(26-19)28(2)3/h7-12,18,20,22,25,27H,4-6,13-15H2,1-3H3. The van der Waals surface area contributed by atoms with E-state index >= 15 is 0 Å². The number of aromatic nitrogens is 2. The molecule has 2 N–H and O–H groups in total. The average molecular weight is 425 g/mol. The van der Waals surface area contributed by atoms with Crippen molar-refractivity contribution in [3.8, 4) is 5.75 Å². The van der Waals surface area contributed by atoms with Crippen LogP contribution in [0.25, 0.3) is 0 Å². The number of ether oxygens (including phenoxy) is 1. The van der Waals surface area contributed by atoms with E-state index in [9.17, 15) is 4.79 Å². The van der Waals surface area contributed by atoms with Crippen molar-refractivity contribution in [3.05, 3.63) is 47.8 Å². The van der Waals surface area contributed by atoms with Crippen LogP contribution in [0.4, 0.5) is 5.95 Å². The second-order valence-electron chi connectivity index (χ2n) is 8.38. The molecule has 0 aliphatic carbocycles. The number of hydrazine groups is 1. The minimum Gasteiger partial charge on any atom is -0.494 e. The lowest BCUT2D eigenvalue weighted by atomic mass is 9.90. The molecule has 1 aromatic heterocycles. The molecule has 3 atom stereocenters. The second kappa shape index (κ2) is 9.62. The summed E-state index contributed by atoms with van der Waals surface area (Å²) >= 11 is 0. The molecular weight excluding hydrogens is 392 g/mol. The van der Waals surface area contributed by atoms with Gasteiger partial charge in [-0.05, 0) is 43.5 Å². The molecule has 0 saturated carbocycles. The van der Waals surface area contributed by atoms with E-state index in [-0.39, 0.29) is 23.9 Å². The van der Waals surface area contributed by atoms with Gasteiger partial charge in [-0.3, -0.25) is 15.6 Å². The van der Waals surface area contributed by atoms with Crippen molar-refractivity contribution in [2.45, 2.75) is 44.2 Å². The maximum absolute atomic E-state index is 13.2. The van der Waals surface area contributed by atoms with Crippen LogP contribution in [-0.4, -0.2) is 66.7 Å². The monoisotopic (exact) mass is 424 g/mol. The Hall–Kier alpha value is -2.71. The van der Waals surface area contributed by atoms with E-state index in [2.05, 4.69) is 20.7 Å². The average Bonchev–Trinajstić information content (AvgIpc) is 3.44. The fourth-order valence-corrected chi connectivity index (χ4v) is 4.57. The van der Waals surface area contributed by atoms with Crippen LogP contribution in [0.1, 0.15) is 36.9 Å². The van der Waals surface area contributed by atoms with Crippen LogP contribution in [0.5, 0.6) is 5.75 Å². The van der Waals surface area contributed by atoms with Gasteiger partial charge in [-0.25, -0.2) is 9.97 Å². The number of anilines is 1. The molecule has 1 aromatic carbocycles. The molecular formula is C23H32N6O2. The molecule has 8 heteroatoms. The topological polar surface area (TPSA) is 82.6 Å². The van der Waals surface area contributed by atoms with Crippen molar-refractivity contribution < 1.29 is 9.53 Å². The van der Waals surface area contributed by atoms with Crippen molar-refractivity contribution in [2.24, 2.45) is 0 Å². The maximum atomic E-state index is 13.2. The number of carbonyl (C=O) groups is 1. The van der Waals surface area contributed by atoms with Crippen LogP contribution < -0.4 is 20.5 Å². The summed E-state index contributed by atoms with van der Waals surface area (Å²) in [5, 5.41) is 0. The first-order valence-electron chi connectivity index (χ1n) is 11.1. The summed E-state index contributed by atoms with van der Waals surface area (Å²) in [7, 11) is 3.89. The largest absolute Gasteiger partial charge is 0.494 e. The lowest BCUT2D eigenvalue weighted by Crippen LogP contribution is -2.50. The zero-order chi connectivity index (χ0) is 21.8. The molecule has 166 valence electrons. The number of likely N-dealkylation sites (tertiary alicyclic amines) is 1. The Bertz CT molecular complexity index is 888. The van der Waals surface area contributed by atoms with Gasteiger partial charge in [-0.2, -0.15) is 0 Å². The number of hydrogen-bond donors (Lipinski definition) is 2. The van der Waals surface area contributed by atoms with Gasteiger partial charge >= 0.3 is 0 Å². The van der Waals surface area contributed by atoms with E-state index in [0.717, 1.165) is 42.9 Å². The van der Waals surface area contributed by atoms with Crippen LogP contribution in [0.3, 0.4) is 0 Å². The lowest BCUT2D eigenvalue weighted by molar-refractivity contribution is -0.131. The fourth-order valence-electron chi connectivity index (χ4n) is 4.57. The highest BCUT2D eigenvalue weighted by Gasteiger charge is 2.42. The van der Waals surface area contributed by atoms with Crippen molar-refractivity contribution in [1.29, 1.82) is 0 Å². The van der Waals surface area contributed by atoms with Gasteiger partial charge in [0.15, 0.2) is 0 Å². The highest BCUT2D eigenvalue weighted by Crippen LogP contribution is 2.31. The van der Waals surface area contributed by atoms with E-state index in [0.29, 0.717) is 19.0 Å². The Kier molecular flexibility index (Phi) is 6.67. The molecule has 3 unspecified atom stereocenters. The number of amides is 1. The van der Waals surface area contributed by atoms with Gasteiger partial charge in [-0.15, -0.1) is 0 Å². The third kappa shape index (κ3) is 4.80. The molecule has 2 saturated heterocycles. The Morgan fingerprint density at radius 3 is 2.81 bits per heavy atom. The van der Waals surface area contributed by atoms with Gasteiger partial charge in [0.25, 0.3) is 0 Å². The van der Waals surface area contributed by atoms with Crippen LogP contribution in [0.15, 0.2) is 36.5 Å². The summed E-state index contributed by atoms with van der Waals surface area (Å²) in [5.41, 5.74) is 8.75. The Morgan fingerprint density at radius 1 is 1.26 bits per heavy atom. The van der Waals surface area contributed by atoms with Crippen LogP contribution >= 0.6 is 0 Å². The van der Waals surface area contributed by atoms with E-state index in [1.807, 2.05) is 62.4 Å². The van der Waals surface area contributed by atoms with Gasteiger partial charge in [0, 0.05) is 45.3 Å². The first kappa shape index (κ1) is 21.5. The molecule has 0 bridgehead atoms. The van der Waals surface area contributed by atoms with Gasteiger partial charge in [-0.1, -0.05) is 12.1 Å². The molecule has 8 nitrogen and oxygen atoms in total. The summed E-state index contributed by atoms with van der Waals surface area (Å²) in [5.74, 6) is 1.91. The quantitative estimate of drug-likeness (QED) is 0.701. The molecule has 2 aromatic rings. The predicted molar refractivity (Wildman–Crippen MR) is 120 cm³/mol. The molecule has 2 aliphatic heterocycles. The summed E-state index contributed by atoms with van der Waals surface area (Å²) in [4.78, 5) is 26.3. The maximum Gasteiger partial charge on any atom is 0.227 e. The summed E-state index contributed by atoms with van der Waals surface area (Å²) < 4.78 is 5.50. The normalized spacial score (nSPS) is 23.2. The van der Waals surface area contributed by atoms with E-state index in [1.54, 1.807) is 0 Å².